The molecule has 0 atom stereocenters. The smallest absolute Gasteiger partial charge is 0.235 e. The molecule has 1 saturated carbocycles. The van der Waals surface area contributed by atoms with Crippen LogP contribution in [0.5, 0.6) is 5.75 Å². The molecular weight excluding hydrogens is 206 g/mol. The average Bonchev–Trinajstić information content (AvgIpc) is 3.08. The van der Waals surface area contributed by atoms with Gasteiger partial charge in [0.2, 0.25) is 6.20 Å². The number of nitrogens with zero attached hydrogens (tertiary/aromatic N) is 1. The Labute approximate surface area is 93.7 Å². The normalized spacial score (nSPS) is 15.2. The fraction of sp³-hybridized carbons (Fsp3) is 0.333. The largest absolute Gasteiger partial charge is 0.493 e. The van der Waals surface area contributed by atoms with Crippen LogP contribution in [0.15, 0.2) is 30.5 Å². The second kappa shape index (κ2) is 4.79. The molecule has 0 aliphatic heterocycles. The monoisotopic (exact) mass is 219 g/mol. The van der Waals surface area contributed by atoms with E-state index in [1.807, 2.05) is 24.3 Å². The molecule has 0 radical (unpaired) electrons. The zero-order chi connectivity index (χ0) is 11.4. The van der Waals surface area contributed by atoms with Crippen molar-refractivity contribution in [2.24, 2.45) is 5.92 Å². The molecule has 0 amide bonds. The van der Waals surface area contributed by atoms with Gasteiger partial charge in [-0.2, -0.15) is 0 Å². The third kappa shape index (κ3) is 3.38. The third-order valence-corrected chi connectivity index (χ3v) is 2.43. The summed E-state index contributed by atoms with van der Waals surface area (Å²) in [6.07, 6.45) is 4.89. The number of nitro groups is 1. The maximum Gasteiger partial charge on any atom is 0.235 e. The molecule has 16 heavy (non-hydrogen) atoms. The molecule has 1 fully saturated rings. The first kappa shape index (κ1) is 10.7. The molecule has 1 aliphatic carbocycles. The molecule has 0 heterocycles. The van der Waals surface area contributed by atoms with E-state index < -0.39 is 4.92 Å². The highest BCUT2D eigenvalue weighted by Gasteiger charge is 2.21. The maximum atomic E-state index is 10.2. The third-order valence-electron chi connectivity index (χ3n) is 2.43. The van der Waals surface area contributed by atoms with Crippen LogP contribution in [0.2, 0.25) is 0 Å². The Morgan fingerprint density at radius 1 is 1.50 bits per heavy atom. The van der Waals surface area contributed by atoms with Gasteiger partial charge in [-0.05, 0) is 36.5 Å². The lowest BCUT2D eigenvalue weighted by atomic mass is 10.2. The minimum Gasteiger partial charge on any atom is -0.493 e. The lowest BCUT2D eigenvalue weighted by Gasteiger charge is -2.04. The SMILES string of the molecule is O=[N+]([O-])/C=C/c1cccc(OCC2CC2)c1. The van der Waals surface area contributed by atoms with Crippen molar-refractivity contribution in [3.8, 4) is 5.75 Å². The van der Waals surface area contributed by atoms with Gasteiger partial charge in [0.15, 0.2) is 0 Å². The van der Waals surface area contributed by atoms with Gasteiger partial charge in [-0.15, -0.1) is 0 Å². The molecule has 0 aromatic heterocycles. The number of hydrogen-bond acceptors (Lipinski definition) is 3. The van der Waals surface area contributed by atoms with Gasteiger partial charge in [0.05, 0.1) is 11.5 Å². The van der Waals surface area contributed by atoms with Crippen LogP contribution < -0.4 is 4.74 Å². The predicted molar refractivity (Wildman–Crippen MR) is 60.7 cm³/mol. The van der Waals surface area contributed by atoms with E-state index >= 15 is 0 Å². The summed E-state index contributed by atoms with van der Waals surface area (Å²) in [5.41, 5.74) is 0.782. The van der Waals surface area contributed by atoms with Crippen molar-refractivity contribution in [1.29, 1.82) is 0 Å². The van der Waals surface area contributed by atoms with E-state index in [1.165, 1.54) is 18.9 Å². The van der Waals surface area contributed by atoms with Crippen molar-refractivity contribution in [2.75, 3.05) is 6.61 Å². The van der Waals surface area contributed by atoms with Gasteiger partial charge in [0.25, 0.3) is 0 Å². The molecule has 0 bridgehead atoms. The summed E-state index contributed by atoms with van der Waals surface area (Å²) in [7, 11) is 0. The van der Waals surface area contributed by atoms with E-state index in [9.17, 15) is 10.1 Å². The molecule has 84 valence electrons. The minimum absolute atomic E-state index is 0.474. The highest BCUT2D eigenvalue weighted by Crippen LogP contribution is 2.29. The lowest BCUT2D eigenvalue weighted by Crippen LogP contribution is -1.98. The van der Waals surface area contributed by atoms with Gasteiger partial charge in [0.1, 0.15) is 5.75 Å². The summed E-state index contributed by atoms with van der Waals surface area (Å²) in [5, 5.41) is 10.2. The second-order valence-corrected chi connectivity index (χ2v) is 3.93. The molecular formula is C12H13NO3. The summed E-state index contributed by atoms with van der Waals surface area (Å²) < 4.78 is 5.57. The molecule has 4 heteroatoms. The van der Waals surface area contributed by atoms with E-state index in [0.29, 0.717) is 5.92 Å². The quantitative estimate of drug-likeness (QED) is 0.565. The number of hydrogen-bond donors (Lipinski definition) is 0. The van der Waals surface area contributed by atoms with Gasteiger partial charge < -0.3 is 4.74 Å². The van der Waals surface area contributed by atoms with Crippen molar-refractivity contribution in [3.05, 3.63) is 46.1 Å². The van der Waals surface area contributed by atoms with Gasteiger partial charge in [-0.25, -0.2) is 0 Å². The predicted octanol–water partition coefficient (Wildman–Crippen LogP) is 2.72. The number of rotatable bonds is 5. The van der Waals surface area contributed by atoms with Gasteiger partial charge in [0, 0.05) is 6.08 Å². The highest BCUT2D eigenvalue weighted by atomic mass is 16.6. The van der Waals surface area contributed by atoms with Crippen LogP contribution in [0.25, 0.3) is 6.08 Å². The Morgan fingerprint density at radius 3 is 3.00 bits per heavy atom. The first-order chi connectivity index (χ1) is 7.74. The molecule has 0 spiro atoms. The Kier molecular flexibility index (Phi) is 3.19. The fourth-order valence-corrected chi connectivity index (χ4v) is 1.35. The Balaban J connectivity index is 1.97. The van der Waals surface area contributed by atoms with Gasteiger partial charge >= 0.3 is 0 Å². The van der Waals surface area contributed by atoms with Crippen LogP contribution in [0.1, 0.15) is 18.4 Å². The van der Waals surface area contributed by atoms with E-state index in [4.69, 9.17) is 4.74 Å². The molecule has 4 nitrogen and oxygen atoms in total. The van der Waals surface area contributed by atoms with Crippen LogP contribution in [-0.2, 0) is 0 Å². The molecule has 0 saturated heterocycles. The standard InChI is InChI=1S/C12H13NO3/c14-13(15)7-6-10-2-1-3-12(8-10)16-9-11-4-5-11/h1-3,6-8,11H,4-5,9H2/b7-6+. The van der Waals surface area contributed by atoms with Crippen LogP contribution in [0.4, 0.5) is 0 Å². The van der Waals surface area contributed by atoms with Crippen molar-refractivity contribution in [2.45, 2.75) is 12.8 Å². The van der Waals surface area contributed by atoms with E-state index in [0.717, 1.165) is 24.1 Å². The molecule has 1 aromatic carbocycles. The summed E-state index contributed by atoms with van der Waals surface area (Å²) >= 11 is 0. The molecule has 1 aliphatic rings. The first-order valence-electron chi connectivity index (χ1n) is 5.28. The van der Waals surface area contributed by atoms with Crippen LogP contribution in [0.3, 0.4) is 0 Å². The minimum atomic E-state index is -0.474. The van der Waals surface area contributed by atoms with E-state index in [2.05, 4.69) is 0 Å². The summed E-state index contributed by atoms with van der Waals surface area (Å²) in [5.74, 6) is 1.48. The van der Waals surface area contributed by atoms with E-state index in [-0.39, 0.29) is 0 Å². The van der Waals surface area contributed by atoms with Crippen molar-refractivity contribution in [1.82, 2.24) is 0 Å². The number of benzene rings is 1. The molecule has 0 unspecified atom stereocenters. The fourth-order valence-electron chi connectivity index (χ4n) is 1.35. The first-order valence-corrected chi connectivity index (χ1v) is 5.28. The Bertz CT molecular complexity index is 410. The number of ether oxygens (including phenoxy) is 1. The summed E-state index contributed by atoms with van der Waals surface area (Å²) in [4.78, 5) is 9.69. The Morgan fingerprint density at radius 2 is 2.31 bits per heavy atom. The van der Waals surface area contributed by atoms with Gasteiger partial charge in [-0.1, -0.05) is 12.1 Å². The van der Waals surface area contributed by atoms with Crippen LogP contribution in [-0.4, -0.2) is 11.5 Å². The zero-order valence-corrected chi connectivity index (χ0v) is 8.83. The maximum absolute atomic E-state index is 10.2. The van der Waals surface area contributed by atoms with Gasteiger partial charge in [-0.3, -0.25) is 10.1 Å². The van der Waals surface area contributed by atoms with Crippen LogP contribution in [0, 0.1) is 16.0 Å². The van der Waals surface area contributed by atoms with E-state index in [1.54, 1.807) is 0 Å². The van der Waals surface area contributed by atoms with Crippen molar-refractivity contribution < 1.29 is 9.66 Å². The average molecular weight is 219 g/mol. The Hall–Kier alpha value is -1.84. The lowest BCUT2D eigenvalue weighted by molar-refractivity contribution is -0.400. The second-order valence-electron chi connectivity index (χ2n) is 3.93. The van der Waals surface area contributed by atoms with Crippen LogP contribution >= 0.6 is 0 Å². The van der Waals surface area contributed by atoms with Crippen molar-refractivity contribution >= 4 is 6.08 Å². The molecule has 2 rings (SSSR count). The summed E-state index contributed by atoms with van der Waals surface area (Å²) in [6.45, 7) is 0.752. The topological polar surface area (TPSA) is 52.4 Å². The molecule has 0 N–H and O–H groups in total. The molecule has 1 aromatic rings. The zero-order valence-electron chi connectivity index (χ0n) is 8.83. The highest BCUT2D eigenvalue weighted by molar-refractivity contribution is 5.50. The van der Waals surface area contributed by atoms with Crippen molar-refractivity contribution in [3.63, 3.8) is 0 Å². The summed E-state index contributed by atoms with van der Waals surface area (Å²) in [6, 6.07) is 7.32.